The summed E-state index contributed by atoms with van der Waals surface area (Å²) in [5, 5.41) is 11.5. The summed E-state index contributed by atoms with van der Waals surface area (Å²) < 4.78 is 27.8. The van der Waals surface area contributed by atoms with Crippen molar-refractivity contribution in [2.75, 3.05) is 31.1 Å². The summed E-state index contributed by atoms with van der Waals surface area (Å²) in [5.41, 5.74) is 2.90. The Morgan fingerprint density at radius 2 is 1.65 bits per heavy atom. The van der Waals surface area contributed by atoms with Crippen molar-refractivity contribution in [1.29, 1.82) is 0 Å². The predicted molar refractivity (Wildman–Crippen MR) is 117 cm³/mol. The molecule has 0 aromatic heterocycles. The number of benzene rings is 2. The van der Waals surface area contributed by atoms with Crippen LogP contribution in [-0.4, -0.2) is 49.6 Å². The molecular formula is C22H25N3O5S. The lowest BCUT2D eigenvalue weighted by Gasteiger charge is -2.35. The van der Waals surface area contributed by atoms with E-state index in [4.69, 9.17) is 0 Å². The Balaban J connectivity index is 1.52. The lowest BCUT2D eigenvalue weighted by Crippen LogP contribution is -2.48. The highest BCUT2D eigenvalue weighted by Crippen LogP contribution is 2.31. The number of hydrogen-bond acceptors (Lipinski definition) is 6. The van der Waals surface area contributed by atoms with Crippen LogP contribution < -0.4 is 4.90 Å². The molecule has 164 valence electrons. The van der Waals surface area contributed by atoms with Gasteiger partial charge in [-0.3, -0.25) is 14.9 Å². The first-order valence-corrected chi connectivity index (χ1v) is 11.9. The van der Waals surface area contributed by atoms with E-state index in [2.05, 4.69) is 0 Å². The Kier molecular flexibility index (Phi) is 5.81. The van der Waals surface area contributed by atoms with E-state index in [1.807, 2.05) is 12.1 Å². The van der Waals surface area contributed by atoms with Gasteiger partial charge in [-0.25, -0.2) is 8.42 Å². The van der Waals surface area contributed by atoms with Gasteiger partial charge < -0.3 is 4.90 Å². The molecular weight excluding hydrogens is 418 g/mol. The van der Waals surface area contributed by atoms with E-state index in [1.54, 1.807) is 23.1 Å². The standard InChI is InChI=1S/C22H25N3O5S/c1-16(26)18-7-9-21(22(15-18)25(27)28)23-10-12-24(13-11-23)31(29,30)20-8-6-17-4-2-3-5-19(17)14-20/h6-9,14-15H,2-5,10-13H2,1H3. The van der Waals surface area contributed by atoms with Crippen LogP contribution in [0.15, 0.2) is 41.3 Å². The number of sulfonamides is 1. The zero-order chi connectivity index (χ0) is 22.2. The summed E-state index contributed by atoms with van der Waals surface area (Å²) in [4.78, 5) is 24.7. The van der Waals surface area contributed by atoms with Crippen LogP contribution in [0.25, 0.3) is 0 Å². The number of nitro groups is 1. The minimum absolute atomic E-state index is 0.140. The highest BCUT2D eigenvalue weighted by Gasteiger charge is 2.31. The number of fused-ring (bicyclic) bond motifs is 1. The summed E-state index contributed by atoms with van der Waals surface area (Å²) in [7, 11) is -3.62. The topological polar surface area (TPSA) is 101 Å². The Morgan fingerprint density at radius 1 is 0.968 bits per heavy atom. The Morgan fingerprint density at radius 3 is 2.29 bits per heavy atom. The molecule has 0 amide bonds. The Labute approximate surface area is 181 Å². The van der Waals surface area contributed by atoms with E-state index in [-0.39, 0.29) is 30.1 Å². The van der Waals surface area contributed by atoms with Crippen LogP contribution in [0.3, 0.4) is 0 Å². The molecule has 4 rings (SSSR count). The first kappa shape index (κ1) is 21.5. The molecule has 9 heteroatoms. The van der Waals surface area contributed by atoms with E-state index in [0.29, 0.717) is 23.7 Å². The van der Waals surface area contributed by atoms with E-state index < -0.39 is 14.9 Å². The van der Waals surface area contributed by atoms with Crippen LogP contribution in [0.1, 0.15) is 41.3 Å². The van der Waals surface area contributed by atoms with Crippen molar-refractivity contribution < 1.29 is 18.1 Å². The molecule has 0 N–H and O–H groups in total. The number of hydrogen-bond donors (Lipinski definition) is 0. The highest BCUT2D eigenvalue weighted by molar-refractivity contribution is 7.89. The van der Waals surface area contributed by atoms with Gasteiger partial charge in [0.05, 0.1) is 9.82 Å². The van der Waals surface area contributed by atoms with Crippen molar-refractivity contribution in [1.82, 2.24) is 4.31 Å². The molecule has 1 aliphatic heterocycles. The van der Waals surface area contributed by atoms with E-state index in [1.165, 1.54) is 22.9 Å². The number of Topliss-reactive ketones (excluding diaryl/α,β-unsaturated/α-hetero) is 1. The van der Waals surface area contributed by atoms with Gasteiger partial charge in [-0.2, -0.15) is 4.31 Å². The number of nitro benzene ring substituents is 1. The molecule has 0 saturated carbocycles. The monoisotopic (exact) mass is 443 g/mol. The fourth-order valence-electron chi connectivity index (χ4n) is 4.34. The molecule has 1 aliphatic carbocycles. The van der Waals surface area contributed by atoms with E-state index in [0.717, 1.165) is 31.2 Å². The van der Waals surface area contributed by atoms with Crippen molar-refractivity contribution in [2.45, 2.75) is 37.5 Å². The molecule has 0 radical (unpaired) electrons. The van der Waals surface area contributed by atoms with Gasteiger partial charge in [-0.15, -0.1) is 0 Å². The van der Waals surface area contributed by atoms with Gasteiger partial charge in [0.2, 0.25) is 10.0 Å². The summed E-state index contributed by atoms with van der Waals surface area (Å²) in [6.07, 6.45) is 4.12. The number of piperazine rings is 1. The second kappa shape index (κ2) is 8.39. The predicted octanol–water partition coefficient (Wildman–Crippen LogP) is 3.19. The van der Waals surface area contributed by atoms with Crippen LogP contribution >= 0.6 is 0 Å². The number of aryl methyl sites for hydroxylation is 2. The van der Waals surface area contributed by atoms with Gasteiger partial charge in [0.1, 0.15) is 5.69 Å². The fourth-order valence-corrected chi connectivity index (χ4v) is 5.82. The molecule has 8 nitrogen and oxygen atoms in total. The molecule has 31 heavy (non-hydrogen) atoms. The second-order valence-electron chi connectivity index (χ2n) is 8.05. The molecule has 2 aromatic rings. The molecule has 0 unspecified atom stereocenters. The van der Waals surface area contributed by atoms with Gasteiger partial charge >= 0.3 is 0 Å². The Hall–Kier alpha value is -2.78. The third-order valence-corrected chi connectivity index (χ3v) is 8.01. The minimum atomic E-state index is -3.62. The highest BCUT2D eigenvalue weighted by atomic mass is 32.2. The van der Waals surface area contributed by atoms with Crippen molar-refractivity contribution in [3.05, 3.63) is 63.2 Å². The van der Waals surface area contributed by atoms with Gasteiger partial charge in [0, 0.05) is 37.8 Å². The molecule has 2 aliphatic rings. The van der Waals surface area contributed by atoms with Crippen LogP contribution in [-0.2, 0) is 22.9 Å². The average Bonchev–Trinajstić information content (AvgIpc) is 2.78. The lowest BCUT2D eigenvalue weighted by atomic mass is 9.92. The first-order valence-electron chi connectivity index (χ1n) is 10.4. The van der Waals surface area contributed by atoms with Gasteiger partial charge in [0.15, 0.2) is 5.78 Å². The molecule has 0 bridgehead atoms. The number of nitrogens with zero attached hydrogens (tertiary/aromatic N) is 3. The molecule has 0 spiro atoms. The van der Waals surface area contributed by atoms with E-state index >= 15 is 0 Å². The molecule has 2 aromatic carbocycles. The maximum absolute atomic E-state index is 13.2. The number of rotatable bonds is 5. The average molecular weight is 444 g/mol. The summed E-state index contributed by atoms with van der Waals surface area (Å²) in [5.74, 6) is -0.240. The normalized spacial score (nSPS) is 17.3. The van der Waals surface area contributed by atoms with Crippen molar-refractivity contribution in [2.24, 2.45) is 0 Å². The zero-order valence-electron chi connectivity index (χ0n) is 17.4. The molecule has 0 atom stereocenters. The van der Waals surface area contributed by atoms with Crippen LogP contribution in [0, 0.1) is 10.1 Å². The minimum Gasteiger partial charge on any atom is -0.363 e. The molecule has 1 heterocycles. The summed E-state index contributed by atoms with van der Waals surface area (Å²) >= 11 is 0. The number of carbonyl (C=O) groups is 1. The Bertz CT molecular complexity index is 1140. The van der Waals surface area contributed by atoms with Crippen LogP contribution in [0.4, 0.5) is 11.4 Å². The summed E-state index contributed by atoms with van der Waals surface area (Å²) in [6, 6.07) is 9.85. The third kappa shape index (κ3) is 4.20. The number of carbonyl (C=O) groups excluding carboxylic acids is 1. The van der Waals surface area contributed by atoms with Crippen LogP contribution in [0.5, 0.6) is 0 Å². The quantitative estimate of drug-likeness (QED) is 0.400. The maximum atomic E-state index is 13.2. The first-order chi connectivity index (χ1) is 14.8. The van der Waals surface area contributed by atoms with Gasteiger partial charge in [-0.1, -0.05) is 6.07 Å². The van der Waals surface area contributed by atoms with Crippen molar-refractivity contribution >= 4 is 27.2 Å². The van der Waals surface area contributed by atoms with E-state index in [9.17, 15) is 23.3 Å². The third-order valence-electron chi connectivity index (χ3n) is 6.12. The maximum Gasteiger partial charge on any atom is 0.293 e. The SMILES string of the molecule is CC(=O)c1ccc(N2CCN(S(=O)(=O)c3ccc4c(c3)CCCC4)CC2)c([N+](=O)[O-])c1. The number of anilines is 1. The van der Waals surface area contributed by atoms with Crippen LogP contribution in [0.2, 0.25) is 0 Å². The van der Waals surface area contributed by atoms with Gasteiger partial charge in [-0.05, 0) is 68.0 Å². The molecule has 1 fully saturated rings. The van der Waals surface area contributed by atoms with Crippen molar-refractivity contribution in [3.63, 3.8) is 0 Å². The fraction of sp³-hybridized carbons (Fsp3) is 0.409. The van der Waals surface area contributed by atoms with Crippen molar-refractivity contribution in [3.8, 4) is 0 Å². The zero-order valence-corrected chi connectivity index (χ0v) is 18.2. The number of ketones is 1. The lowest BCUT2D eigenvalue weighted by molar-refractivity contribution is -0.384. The molecule has 1 saturated heterocycles. The smallest absolute Gasteiger partial charge is 0.293 e. The largest absolute Gasteiger partial charge is 0.363 e. The second-order valence-corrected chi connectivity index (χ2v) is 9.98. The van der Waals surface area contributed by atoms with Gasteiger partial charge in [0.25, 0.3) is 5.69 Å². The summed E-state index contributed by atoms with van der Waals surface area (Å²) in [6.45, 7) is 2.52.